The first kappa shape index (κ1) is 22.4. The summed E-state index contributed by atoms with van der Waals surface area (Å²) in [7, 11) is -3.77. The fourth-order valence-corrected chi connectivity index (χ4v) is 4.99. The summed E-state index contributed by atoms with van der Waals surface area (Å²) in [5.74, 6) is -0.285. The molecule has 0 spiro atoms. The second-order valence-electron chi connectivity index (χ2n) is 5.67. The van der Waals surface area contributed by atoms with E-state index in [1.165, 1.54) is 17.8 Å². The lowest BCUT2D eigenvalue weighted by Crippen LogP contribution is -2.43. The van der Waals surface area contributed by atoms with Crippen molar-refractivity contribution in [1.29, 1.82) is 0 Å². The molecule has 2 rings (SSSR count). The molecule has 0 aliphatic rings. The number of nitrogens with one attached hydrogen (secondary N) is 2. The SMILES string of the molecule is CCOC(=O)c1ccc(NC(=O)[C@@H](CCSC)NS(=O)(=O)c2cccs2)cc1. The Labute approximate surface area is 172 Å². The smallest absolute Gasteiger partial charge is 0.338 e. The van der Waals surface area contributed by atoms with Crippen LogP contribution in [0, 0.1) is 0 Å². The summed E-state index contributed by atoms with van der Waals surface area (Å²) in [4.78, 5) is 24.3. The Hall–Kier alpha value is -1.88. The third kappa shape index (κ3) is 6.33. The maximum atomic E-state index is 12.7. The number of hydrogen-bond donors (Lipinski definition) is 2. The number of thioether (sulfide) groups is 1. The van der Waals surface area contributed by atoms with Crippen molar-refractivity contribution in [1.82, 2.24) is 4.72 Å². The average molecular weight is 443 g/mol. The van der Waals surface area contributed by atoms with Gasteiger partial charge in [0.2, 0.25) is 5.91 Å². The highest BCUT2D eigenvalue weighted by molar-refractivity contribution is 7.98. The van der Waals surface area contributed by atoms with Crippen LogP contribution in [0.2, 0.25) is 0 Å². The molecule has 28 heavy (non-hydrogen) atoms. The van der Waals surface area contributed by atoms with Crippen LogP contribution < -0.4 is 10.0 Å². The minimum atomic E-state index is -3.77. The molecule has 1 aromatic carbocycles. The van der Waals surface area contributed by atoms with Gasteiger partial charge in [0.25, 0.3) is 10.0 Å². The zero-order chi connectivity index (χ0) is 20.6. The van der Waals surface area contributed by atoms with E-state index in [-0.39, 0.29) is 10.8 Å². The number of ether oxygens (including phenoxy) is 1. The number of hydrogen-bond acceptors (Lipinski definition) is 7. The second-order valence-corrected chi connectivity index (χ2v) is 9.55. The summed E-state index contributed by atoms with van der Waals surface area (Å²) in [5.41, 5.74) is 0.833. The van der Waals surface area contributed by atoms with Gasteiger partial charge in [0, 0.05) is 5.69 Å². The molecule has 1 amide bonds. The number of benzene rings is 1. The molecule has 10 heteroatoms. The van der Waals surface area contributed by atoms with E-state index in [0.717, 1.165) is 11.3 Å². The van der Waals surface area contributed by atoms with Gasteiger partial charge < -0.3 is 10.1 Å². The number of rotatable bonds is 10. The summed E-state index contributed by atoms with van der Waals surface area (Å²) in [6.07, 6.45) is 2.23. The van der Waals surface area contributed by atoms with Gasteiger partial charge in [-0.05, 0) is 61.1 Å². The molecule has 7 nitrogen and oxygen atoms in total. The van der Waals surface area contributed by atoms with Gasteiger partial charge in [-0.3, -0.25) is 4.79 Å². The summed E-state index contributed by atoms with van der Waals surface area (Å²) >= 11 is 2.61. The predicted octanol–water partition coefficient (Wildman–Crippen LogP) is 2.96. The number of sulfonamides is 1. The van der Waals surface area contributed by atoms with E-state index in [1.54, 1.807) is 42.6 Å². The molecule has 1 aromatic heterocycles. The van der Waals surface area contributed by atoms with Crippen LogP contribution in [0.4, 0.5) is 5.69 Å². The molecule has 0 aliphatic carbocycles. The Morgan fingerprint density at radius 3 is 2.50 bits per heavy atom. The number of thiophene rings is 1. The van der Waals surface area contributed by atoms with Crippen molar-refractivity contribution in [3.05, 3.63) is 47.3 Å². The molecule has 2 aromatic rings. The van der Waals surface area contributed by atoms with Crippen LogP contribution in [0.1, 0.15) is 23.7 Å². The molecule has 2 N–H and O–H groups in total. The fraction of sp³-hybridized carbons (Fsp3) is 0.333. The normalized spacial score (nSPS) is 12.4. The molecule has 0 radical (unpaired) electrons. The Morgan fingerprint density at radius 1 is 1.21 bits per heavy atom. The summed E-state index contributed by atoms with van der Waals surface area (Å²) < 4.78 is 32.5. The number of carbonyl (C=O) groups excluding carboxylic acids is 2. The van der Waals surface area contributed by atoms with E-state index < -0.39 is 27.9 Å². The highest BCUT2D eigenvalue weighted by atomic mass is 32.2. The van der Waals surface area contributed by atoms with Gasteiger partial charge >= 0.3 is 5.97 Å². The van der Waals surface area contributed by atoms with Gasteiger partial charge in [-0.25, -0.2) is 13.2 Å². The maximum Gasteiger partial charge on any atom is 0.338 e. The van der Waals surface area contributed by atoms with E-state index in [2.05, 4.69) is 10.0 Å². The molecule has 0 unspecified atom stereocenters. The van der Waals surface area contributed by atoms with Crippen molar-refractivity contribution in [2.24, 2.45) is 0 Å². The second kappa shape index (κ2) is 10.6. The molecule has 0 saturated heterocycles. The van der Waals surface area contributed by atoms with E-state index in [1.807, 2.05) is 6.26 Å². The number of anilines is 1. The number of esters is 1. The van der Waals surface area contributed by atoms with Crippen molar-refractivity contribution in [2.45, 2.75) is 23.6 Å². The monoisotopic (exact) mass is 442 g/mol. The molecule has 0 aliphatic heterocycles. The van der Waals surface area contributed by atoms with Crippen LogP contribution in [0.15, 0.2) is 46.0 Å². The van der Waals surface area contributed by atoms with Gasteiger partial charge in [0.1, 0.15) is 10.3 Å². The van der Waals surface area contributed by atoms with Crippen LogP contribution in [0.5, 0.6) is 0 Å². The molecule has 0 bridgehead atoms. The lowest BCUT2D eigenvalue weighted by atomic mass is 10.2. The predicted molar refractivity (Wildman–Crippen MR) is 112 cm³/mol. The van der Waals surface area contributed by atoms with Crippen molar-refractivity contribution in [2.75, 3.05) is 23.9 Å². The summed E-state index contributed by atoms with van der Waals surface area (Å²) in [5, 5.41) is 4.36. The van der Waals surface area contributed by atoms with E-state index in [0.29, 0.717) is 23.4 Å². The van der Waals surface area contributed by atoms with Gasteiger partial charge in [-0.1, -0.05) is 6.07 Å². The first-order valence-corrected chi connectivity index (χ1v) is 12.3. The lowest BCUT2D eigenvalue weighted by Gasteiger charge is -2.18. The third-order valence-electron chi connectivity index (χ3n) is 3.65. The average Bonchev–Trinajstić information content (AvgIpc) is 3.21. The van der Waals surface area contributed by atoms with E-state index >= 15 is 0 Å². The van der Waals surface area contributed by atoms with Crippen molar-refractivity contribution in [3.63, 3.8) is 0 Å². The quantitative estimate of drug-likeness (QED) is 0.549. The largest absolute Gasteiger partial charge is 0.462 e. The highest BCUT2D eigenvalue weighted by Gasteiger charge is 2.26. The molecule has 152 valence electrons. The summed E-state index contributed by atoms with van der Waals surface area (Å²) in [6.45, 7) is 2.00. The molecule has 1 heterocycles. The standard InChI is InChI=1S/C18H22N2O5S3/c1-3-25-18(22)13-6-8-14(9-7-13)19-17(21)15(10-12-26-2)20-28(23,24)16-5-4-11-27-16/h4-9,11,15,20H,3,10,12H2,1-2H3,(H,19,21)/t15-/m1/s1. The Morgan fingerprint density at radius 2 is 1.93 bits per heavy atom. The molecule has 1 atom stereocenters. The van der Waals surface area contributed by atoms with Crippen LogP contribution in [-0.2, 0) is 19.6 Å². The Balaban J connectivity index is 2.09. The minimum Gasteiger partial charge on any atom is -0.462 e. The van der Waals surface area contributed by atoms with Gasteiger partial charge in [-0.15, -0.1) is 11.3 Å². The zero-order valence-corrected chi connectivity index (χ0v) is 18.0. The Bertz CT molecular complexity index is 880. The molecule has 0 saturated carbocycles. The maximum absolute atomic E-state index is 12.7. The van der Waals surface area contributed by atoms with Gasteiger partial charge in [-0.2, -0.15) is 16.5 Å². The molecule has 0 fully saturated rings. The van der Waals surface area contributed by atoms with E-state index in [4.69, 9.17) is 4.74 Å². The van der Waals surface area contributed by atoms with Crippen LogP contribution in [0.3, 0.4) is 0 Å². The lowest BCUT2D eigenvalue weighted by molar-refractivity contribution is -0.117. The zero-order valence-electron chi connectivity index (χ0n) is 15.5. The number of carbonyl (C=O) groups is 2. The highest BCUT2D eigenvalue weighted by Crippen LogP contribution is 2.18. The topological polar surface area (TPSA) is 102 Å². The number of amides is 1. The third-order valence-corrected chi connectivity index (χ3v) is 7.16. The molecular formula is C18H22N2O5S3. The Kier molecular flexibility index (Phi) is 8.49. The van der Waals surface area contributed by atoms with Gasteiger partial charge in [0.15, 0.2) is 0 Å². The van der Waals surface area contributed by atoms with Crippen molar-refractivity contribution >= 4 is 50.7 Å². The van der Waals surface area contributed by atoms with Crippen molar-refractivity contribution < 1.29 is 22.7 Å². The molecular weight excluding hydrogens is 420 g/mol. The minimum absolute atomic E-state index is 0.160. The first-order valence-electron chi connectivity index (χ1n) is 8.50. The van der Waals surface area contributed by atoms with Crippen molar-refractivity contribution in [3.8, 4) is 0 Å². The first-order chi connectivity index (χ1) is 13.4. The van der Waals surface area contributed by atoms with Crippen LogP contribution in [0.25, 0.3) is 0 Å². The van der Waals surface area contributed by atoms with E-state index in [9.17, 15) is 18.0 Å². The van der Waals surface area contributed by atoms with Gasteiger partial charge in [0.05, 0.1) is 12.2 Å². The van der Waals surface area contributed by atoms with Crippen LogP contribution in [-0.4, -0.2) is 45.0 Å². The van der Waals surface area contributed by atoms with Crippen LogP contribution >= 0.6 is 23.1 Å². The summed E-state index contributed by atoms with van der Waals surface area (Å²) in [6, 6.07) is 8.45. The fourth-order valence-electron chi connectivity index (χ4n) is 2.27.